The van der Waals surface area contributed by atoms with Crippen molar-refractivity contribution in [2.24, 2.45) is 5.92 Å². The number of nitrogens with zero attached hydrogens (tertiary/aromatic N) is 1. The highest BCUT2D eigenvalue weighted by atomic mass is 19.2. The van der Waals surface area contributed by atoms with E-state index < -0.39 is 11.6 Å². The summed E-state index contributed by atoms with van der Waals surface area (Å²) in [5.41, 5.74) is 0.807. The zero-order valence-electron chi connectivity index (χ0n) is 13.0. The van der Waals surface area contributed by atoms with E-state index in [4.69, 9.17) is 4.74 Å². The van der Waals surface area contributed by atoms with Gasteiger partial charge in [-0.25, -0.2) is 8.78 Å². The van der Waals surface area contributed by atoms with Crippen molar-refractivity contribution in [3.05, 3.63) is 35.4 Å². The molecule has 0 aliphatic carbocycles. The summed E-state index contributed by atoms with van der Waals surface area (Å²) in [5, 5.41) is 0. The van der Waals surface area contributed by atoms with E-state index in [0.29, 0.717) is 25.4 Å². The van der Waals surface area contributed by atoms with Gasteiger partial charge in [0.25, 0.3) is 0 Å². The van der Waals surface area contributed by atoms with Gasteiger partial charge in [-0.15, -0.1) is 0 Å². The number of amides is 1. The van der Waals surface area contributed by atoms with Crippen molar-refractivity contribution in [2.45, 2.75) is 32.1 Å². The zero-order chi connectivity index (χ0) is 15.9. The first kappa shape index (κ1) is 16.9. The fourth-order valence-electron chi connectivity index (χ4n) is 2.94. The van der Waals surface area contributed by atoms with Crippen LogP contribution in [0.25, 0.3) is 0 Å². The number of halogens is 2. The van der Waals surface area contributed by atoms with Crippen LogP contribution in [0.5, 0.6) is 0 Å². The zero-order valence-corrected chi connectivity index (χ0v) is 13.0. The Hall–Kier alpha value is -1.49. The third-order valence-electron chi connectivity index (χ3n) is 4.22. The molecule has 5 heteroatoms. The SMILES string of the molecule is COCCC(=O)N1CCC[C@H](CCc2ccc(F)c(F)c2)C1. The fraction of sp³-hybridized carbons (Fsp3) is 0.588. The number of hydrogen-bond donors (Lipinski definition) is 0. The normalized spacial score (nSPS) is 18.5. The van der Waals surface area contributed by atoms with Gasteiger partial charge in [0.2, 0.25) is 5.91 Å². The quantitative estimate of drug-likeness (QED) is 0.807. The van der Waals surface area contributed by atoms with Crippen LogP contribution in [-0.4, -0.2) is 37.6 Å². The molecule has 0 unspecified atom stereocenters. The van der Waals surface area contributed by atoms with Crippen molar-refractivity contribution in [1.29, 1.82) is 0 Å². The lowest BCUT2D eigenvalue weighted by Gasteiger charge is -2.33. The van der Waals surface area contributed by atoms with Gasteiger partial charge in [-0.3, -0.25) is 4.79 Å². The summed E-state index contributed by atoms with van der Waals surface area (Å²) in [6.45, 7) is 2.02. The maximum Gasteiger partial charge on any atom is 0.224 e. The molecule has 0 radical (unpaired) electrons. The highest BCUT2D eigenvalue weighted by molar-refractivity contribution is 5.76. The summed E-state index contributed by atoms with van der Waals surface area (Å²) >= 11 is 0. The molecule has 1 aliphatic rings. The minimum Gasteiger partial charge on any atom is -0.384 e. The van der Waals surface area contributed by atoms with Crippen LogP contribution in [0.4, 0.5) is 8.78 Å². The Morgan fingerprint density at radius 1 is 1.36 bits per heavy atom. The topological polar surface area (TPSA) is 29.5 Å². The molecule has 1 saturated heterocycles. The molecule has 1 aromatic rings. The first-order valence-electron chi connectivity index (χ1n) is 7.80. The van der Waals surface area contributed by atoms with Gasteiger partial charge in [-0.05, 0) is 49.3 Å². The molecular weight excluding hydrogens is 288 g/mol. The Balaban J connectivity index is 1.82. The van der Waals surface area contributed by atoms with Crippen molar-refractivity contribution >= 4 is 5.91 Å². The second-order valence-electron chi connectivity index (χ2n) is 5.88. The summed E-state index contributed by atoms with van der Waals surface area (Å²) in [5.74, 6) is -1.04. The summed E-state index contributed by atoms with van der Waals surface area (Å²) in [6, 6.07) is 4.06. The Kier molecular flexibility index (Phi) is 6.31. The standard InChI is InChI=1S/C17H23F2NO2/c1-22-10-8-17(21)20-9-2-3-14(12-20)5-4-13-6-7-15(18)16(19)11-13/h6-7,11,14H,2-5,8-10,12H2,1H3/t14-/m1/s1. The average molecular weight is 311 g/mol. The van der Waals surface area contributed by atoms with Crippen molar-refractivity contribution in [2.75, 3.05) is 26.8 Å². The lowest BCUT2D eigenvalue weighted by Crippen LogP contribution is -2.40. The van der Waals surface area contributed by atoms with Crippen LogP contribution in [0.15, 0.2) is 18.2 Å². The van der Waals surface area contributed by atoms with Crippen LogP contribution in [0.3, 0.4) is 0 Å². The van der Waals surface area contributed by atoms with Gasteiger partial charge in [0, 0.05) is 20.2 Å². The minimum absolute atomic E-state index is 0.138. The number of hydrogen-bond acceptors (Lipinski definition) is 2. The monoisotopic (exact) mass is 311 g/mol. The predicted molar refractivity (Wildman–Crippen MR) is 80.5 cm³/mol. The Bertz CT molecular complexity index is 507. The van der Waals surface area contributed by atoms with Crippen molar-refractivity contribution in [3.63, 3.8) is 0 Å². The third kappa shape index (κ3) is 4.77. The average Bonchev–Trinajstić information content (AvgIpc) is 2.54. The first-order valence-corrected chi connectivity index (χ1v) is 7.80. The predicted octanol–water partition coefficient (Wildman–Crippen LogP) is 3.17. The molecule has 2 rings (SSSR count). The van der Waals surface area contributed by atoms with E-state index >= 15 is 0 Å². The van der Waals surface area contributed by atoms with E-state index in [2.05, 4.69) is 0 Å². The number of ether oxygens (including phenoxy) is 1. The number of benzene rings is 1. The highest BCUT2D eigenvalue weighted by Gasteiger charge is 2.23. The number of likely N-dealkylation sites (tertiary alicyclic amines) is 1. The molecule has 1 heterocycles. The Labute approximate surface area is 130 Å². The summed E-state index contributed by atoms with van der Waals surface area (Å²) < 4.78 is 31.0. The van der Waals surface area contributed by atoms with E-state index in [1.165, 1.54) is 12.1 Å². The second-order valence-corrected chi connectivity index (χ2v) is 5.88. The summed E-state index contributed by atoms with van der Waals surface area (Å²) in [7, 11) is 1.59. The molecule has 0 spiro atoms. The molecule has 3 nitrogen and oxygen atoms in total. The molecule has 1 aliphatic heterocycles. The van der Waals surface area contributed by atoms with Crippen molar-refractivity contribution in [3.8, 4) is 0 Å². The van der Waals surface area contributed by atoms with Gasteiger partial charge in [-0.2, -0.15) is 0 Å². The fourth-order valence-corrected chi connectivity index (χ4v) is 2.94. The maximum atomic E-state index is 13.2. The van der Waals surface area contributed by atoms with Gasteiger partial charge < -0.3 is 9.64 Å². The number of piperidine rings is 1. The molecule has 1 atom stereocenters. The van der Waals surface area contributed by atoms with Gasteiger partial charge in [-0.1, -0.05) is 6.07 Å². The van der Waals surface area contributed by atoms with E-state index in [1.54, 1.807) is 13.2 Å². The molecular formula is C17H23F2NO2. The molecule has 0 aromatic heterocycles. The number of carbonyl (C=O) groups excluding carboxylic acids is 1. The molecule has 1 amide bonds. The molecule has 0 N–H and O–H groups in total. The first-order chi connectivity index (χ1) is 10.6. The minimum atomic E-state index is -0.809. The molecule has 0 bridgehead atoms. The van der Waals surface area contributed by atoms with Crippen LogP contribution in [-0.2, 0) is 16.0 Å². The Morgan fingerprint density at radius 3 is 2.91 bits per heavy atom. The highest BCUT2D eigenvalue weighted by Crippen LogP contribution is 2.22. The number of aryl methyl sites for hydroxylation is 1. The van der Waals surface area contributed by atoms with Crippen LogP contribution in [0, 0.1) is 17.6 Å². The second kappa shape index (κ2) is 8.22. The van der Waals surface area contributed by atoms with Gasteiger partial charge in [0.1, 0.15) is 0 Å². The number of carbonyl (C=O) groups is 1. The van der Waals surface area contributed by atoms with Crippen molar-refractivity contribution < 1.29 is 18.3 Å². The lowest BCUT2D eigenvalue weighted by molar-refractivity contribution is -0.134. The van der Waals surface area contributed by atoms with Crippen molar-refractivity contribution in [1.82, 2.24) is 4.90 Å². The van der Waals surface area contributed by atoms with Gasteiger partial charge >= 0.3 is 0 Å². The molecule has 0 saturated carbocycles. The molecule has 22 heavy (non-hydrogen) atoms. The number of rotatable bonds is 6. The smallest absolute Gasteiger partial charge is 0.224 e. The van der Waals surface area contributed by atoms with E-state index in [1.807, 2.05) is 4.90 Å². The molecule has 122 valence electrons. The van der Waals surface area contributed by atoms with E-state index in [-0.39, 0.29) is 5.91 Å². The van der Waals surface area contributed by atoms with Crippen LogP contribution in [0.1, 0.15) is 31.2 Å². The largest absolute Gasteiger partial charge is 0.384 e. The van der Waals surface area contributed by atoms with E-state index in [9.17, 15) is 13.6 Å². The summed E-state index contributed by atoms with van der Waals surface area (Å²) in [4.78, 5) is 13.9. The van der Waals surface area contributed by atoms with Gasteiger partial charge in [0.15, 0.2) is 11.6 Å². The van der Waals surface area contributed by atoms with Crippen LogP contribution >= 0.6 is 0 Å². The van der Waals surface area contributed by atoms with Gasteiger partial charge in [0.05, 0.1) is 13.0 Å². The number of methoxy groups -OCH3 is 1. The van der Waals surface area contributed by atoms with Crippen LogP contribution in [0.2, 0.25) is 0 Å². The van der Waals surface area contributed by atoms with E-state index in [0.717, 1.165) is 37.9 Å². The Morgan fingerprint density at radius 2 is 2.18 bits per heavy atom. The maximum absolute atomic E-state index is 13.2. The molecule has 1 aromatic carbocycles. The molecule has 1 fully saturated rings. The van der Waals surface area contributed by atoms with Crippen LogP contribution < -0.4 is 0 Å². The summed E-state index contributed by atoms with van der Waals surface area (Å²) in [6.07, 6.45) is 4.10. The third-order valence-corrected chi connectivity index (χ3v) is 4.22. The lowest BCUT2D eigenvalue weighted by atomic mass is 9.91.